The number of aromatic nitrogens is 1. The van der Waals surface area contributed by atoms with E-state index in [1.807, 2.05) is 17.4 Å². The van der Waals surface area contributed by atoms with Gasteiger partial charge in [-0.15, -0.1) is 11.3 Å². The van der Waals surface area contributed by atoms with Crippen LogP contribution in [0.5, 0.6) is 0 Å². The molecule has 0 saturated carbocycles. The number of rotatable bonds is 3. The number of hydrogen-bond donors (Lipinski definition) is 1. The monoisotopic (exact) mass is 302 g/mol. The molecule has 2 aromatic rings. The van der Waals surface area contributed by atoms with Gasteiger partial charge in [-0.25, -0.2) is 9.37 Å². The molecule has 1 aromatic heterocycles. The second kappa shape index (κ2) is 4.89. The predicted octanol–water partition coefficient (Wildman–Crippen LogP) is 3.57. The van der Waals surface area contributed by atoms with Crippen LogP contribution in [0.2, 0.25) is 0 Å². The number of aryl methyl sites for hydroxylation is 2. The Morgan fingerprint density at radius 1 is 1.33 bits per heavy atom. The summed E-state index contributed by atoms with van der Waals surface area (Å²) in [4.78, 5) is 6.36. The van der Waals surface area contributed by atoms with Crippen molar-refractivity contribution in [1.29, 1.82) is 0 Å². The summed E-state index contributed by atoms with van der Waals surface area (Å²) < 4.78 is 14.1. The van der Waals surface area contributed by atoms with Crippen LogP contribution in [0.25, 0.3) is 0 Å². The third-order valence-electron chi connectivity index (χ3n) is 4.77. The normalized spacial score (nSPS) is 23.3. The summed E-state index contributed by atoms with van der Waals surface area (Å²) in [6.45, 7) is 2.97. The van der Waals surface area contributed by atoms with Crippen LogP contribution in [-0.2, 0) is 24.8 Å². The Labute approximate surface area is 128 Å². The van der Waals surface area contributed by atoms with Gasteiger partial charge in [-0.05, 0) is 55.8 Å². The summed E-state index contributed by atoms with van der Waals surface area (Å²) in [5, 5.41) is 4.77. The third kappa shape index (κ3) is 1.89. The third-order valence-corrected chi connectivity index (χ3v) is 6.09. The fraction of sp³-hybridized carbons (Fsp3) is 0.471. The van der Waals surface area contributed by atoms with Crippen molar-refractivity contribution in [1.82, 2.24) is 10.3 Å². The van der Waals surface area contributed by atoms with Crippen LogP contribution in [0.3, 0.4) is 0 Å². The van der Waals surface area contributed by atoms with Crippen molar-refractivity contribution in [2.45, 2.75) is 44.6 Å². The molecule has 0 radical (unpaired) electrons. The molecule has 1 heterocycles. The molecule has 1 unspecified atom stereocenters. The number of fused-ring (bicyclic) bond motifs is 2. The lowest BCUT2D eigenvalue weighted by atomic mass is 9.92. The molecule has 0 amide bonds. The first-order valence-corrected chi connectivity index (χ1v) is 8.58. The van der Waals surface area contributed by atoms with Crippen molar-refractivity contribution < 1.29 is 4.39 Å². The zero-order valence-electron chi connectivity index (χ0n) is 12.2. The summed E-state index contributed by atoms with van der Waals surface area (Å²) in [5.41, 5.74) is 2.96. The van der Waals surface area contributed by atoms with Crippen LogP contribution in [-0.4, -0.2) is 11.5 Å². The molecule has 0 spiro atoms. The quantitative estimate of drug-likeness (QED) is 0.937. The van der Waals surface area contributed by atoms with E-state index in [9.17, 15) is 4.39 Å². The smallest absolute Gasteiger partial charge is 0.126 e. The minimum absolute atomic E-state index is 0.0728. The number of halogens is 1. The van der Waals surface area contributed by atoms with Gasteiger partial charge < -0.3 is 5.32 Å². The summed E-state index contributed by atoms with van der Waals surface area (Å²) in [7, 11) is 0. The van der Waals surface area contributed by atoms with E-state index in [0.717, 1.165) is 48.4 Å². The summed E-state index contributed by atoms with van der Waals surface area (Å²) in [5.74, 6) is -0.0728. The van der Waals surface area contributed by atoms with E-state index in [1.54, 1.807) is 6.07 Å². The molecule has 1 N–H and O–H groups in total. The van der Waals surface area contributed by atoms with Crippen LogP contribution in [0.4, 0.5) is 4.39 Å². The van der Waals surface area contributed by atoms with Gasteiger partial charge in [-0.1, -0.05) is 19.1 Å². The summed E-state index contributed by atoms with van der Waals surface area (Å²) in [6, 6.07) is 5.47. The predicted molar refractivity (Wildman–Crippen MR) is 83.3 cm³/mol. The Hall–Kier alpha value is -1.26. The van der Waals surface area contributed by atoms with E-state index in [4.69, 9.17) is 4.98 Å². The molecule has 2 aliphatic rings. The second-order valence-corrected chi connectivity index (χ2v) is 7.03. The topological polar surface area (TPSA) is 24.9 Å². The highest BCUT2D eigenvalue weighted by molar-refractivity contribution is 7.12. The second-order valence-electron chi connectivity index (χ2n) is 5.94. The fourth-order valence-corrected chi connectivity index (χ4v) is 5.18. The van der Waals surface area contributed by atoms with Crippen molar-refractivity contribution >= 4 is 11.3 Å². The van der Waals surface area contributed by atoms with Gasteiger partial charge in [-0.2, -0.15) is 0 Å². The first-order valence-electron chi connectivity index (χ1n) is 7.76. The molecular weight excluding hydrogens is 283 g/mol. The van der Waals surface area contributed by atoms with Gasteiger partial charge in [0.05, 0.1) is 11.2 Å². The van der Waals surface area contributed by atoms with Gasteiger partial charge in [0.2, 0.25) is 0 Å². The Morgan fingerprint density at radius 3 is 3.05 bits per heavy atom. The van der Waals surface area contributed by atoms with Crippen molar-refractivity contribution in [2.24, 2.45) is 0 Å². The van der Waals surface area contributed by atoms with Crippen LogP contribution in [0.1, 0.15) is 46.5 Å². The summed E-state index contributed by atoms with van der Waals surface area (Å²) in [6.07, 6.45) is 5.19. The highest BCUT2D eigenvalue weighted by Gasteiger charge is 2.43. The molecular formula is C17H19FN2S. The Morgan fingerprint density at radius 2 is 2.24 bits per heavy atom. The van der Waals surface area contributed by atoms with Crippen LogP contribution in [0.15, 0.2) is 18.2 Å². The number of nitrogens with zero attached hydrogens (tertiary/aromatic N) is 1. The first kappa shape index (κ1) is 13.4. The molecule has 4 rings (SSSR count). The van der Waals surface area contributed by atoms with Gasteiger partial charge in [0.1, 0.15) is 10.8 Å². The lowest BCUT2D eigenvalue weighted by Gasteiger charge is -2.29. The fourth-order valence-electron chi connectivity index (χ4n) is 3.82. The minimum Gasteiger partial charge on any atom is -0.302 e. The van der Waals surface area contributed by atoms with E-state index < -0.39 is 0 Å². The maximum Gasteiger partial charge on any atom is 0.126 e. The van der Waals surface area contributed by atoms with Gasteiger partial charge in [0.15, 0.2) is 0 Å². The average molecular weight is 302 g/mol. The number of hydrogen-bond acceptors (Lipinski definition) is 3. The van der Waals surface area contributed by atoms with E-state index >= 15 is 0 Å². The van der Waals surface area contributed by atoms with Crippen molar-refractivity contribution in [3.63, 3.8) is 0 Å². The number of benzene rings is 1. The maximum atomic E-state index is 14.1. The maximum absolute atomic E-state index is 14.1. The lowest BCUT2D eigenvalue weighted by Crippen LogP contribution is -2.41. The highest BCUT2D eigenvalue weighted by Crippen LogP contribution is 2.45. The molecule has 0 bridgehead atoms. The van der Waals surface area contributed by atoms with E-state index in [1.165, 1.54) is 17.0 Å². The molecule has 0 aliphatic heterocycles. The molecule has 0 saturated heterocycles. The van der Waals surface area contributed by atoms with Crippen molar-refractivity contribution in [3.05, 3.63) is 50.7 Å². The SMILES string of the molecule is CCNC1(c2nc3c(s2)CCC3)CCc2c(F)cccc21. The number of nitrogens with one attached hydrogen (secondary N) is 1. The van der Waals surface area contributed by atoms with Crippen LogP contribution < -0.4 is 5.32 Å². The number of thiazole rings is 1. The van der Waals surface area contributed by atoms with Gasteiger partial charge in [0, 0.05) is 4.88 Å². The molecule has 4 heteroatoms. The molecule has 1 atom stereocenters. The van der Waals surface area contributed by atoms with E-state index in [0.29, 0.717) is 0 Å². The van der Waals surface area contributed by atoms with Gasteiger partial charge in [0.25, 0.3) is 0 Å². The Bertz CT molecular complexity index is 673. The lowest BCUT2D eigenvalue weighted by molar-refractivity contribution is 0.407. The van der Waals surface area contributed by atoms with Crippen LogP contribution in [0, 0.1) is 5.82 Å². The first-order chi connectivity index (χ1) is 10.2. The van der Waals surface area contributed by atoms with E-state index in [-0.39, 0.29) is 11.4 Å². The van der Waals surface area contributed by atoms with Gasteiger partial charge >= 0.3 is 0 Å². The molecule has 2 nitrogen and oxygen atoms in total. The highest BCUT2D eigenvalue weighted by atomic mass is 32.1. The average Bonchev–Trinajstić information content (AvgIpc) is 3.13. The minimum atomic E-state index is -0.277. The van der Waals surface area contributed by atoms with Crippen molar-refractivity contribution in [2.75, 3.05) is 6.54 Å². The molecule has 2 aliphatic carbocycles. The largest absolute Gasteiger partial charge is 0.302 e. The standard InChI is InChI=1S/C17H19FN2S/c1-2-19-17(16-20-14-7-4-8-15(14)21-16)10-9-11-12(17)5-3-6-13(11)18/h3,5-6,19H,2,4,7-10H2,1H3. The van der Waals surface area contributed by atoms with E-state index in [2.05, 4.69) is 18.3 Å². The Kier molecular flexibility index (Phi) is 3.12. The van der Waals surface area contributed by atoms with Crippen molar-refractivity contribution in [3.8, 4) is 0 Å². The van der Waals surface area contributed by atoms with Gasteiger partial charge in [-0.3, -0.25) is 0 Å². The molecule has 110 valence electrons. The van der Waals surface area contributed by atoms with Crippen LogP contribution >= 0.6 is 11.3 Å². The molecule has 21 heavy (non-hydrogen) atoms. The molecule has 1 aromatic carbocycles. The Balaban J connectivity index is 1.87. The zero-order chi connectivity index (χ0) is 14.4. The molecule has 0 fully saturated rings. The summed E-state index contributed by atoms with van der Waals surface area (Å²) >= 11 is 1.83. The zero-order valence-corrected chi connectivity index (χ0v) is 13.0.